The largest absolute Gasteiger partial charge is 0.490 e. The quantitative estimate of drug-likeness (QED) is 0.291. The zero-order valence-electron chi connectivity index (χ0n) is 24.2. The third kappa shape index (κ3) is 6.29. The summed E-state index contributed by atoms with van der Waals surface area (Å²) in [7, 11) is 1.32. The second-order valence-corrected chi connectivity index (χ2v) is 10.8. The van der Waals surface area contributed by atoms with Crippen LogP contribution in [-0.4, -0.2) is 36.8 Å². The van der Waals surface area contributed by atoms with E-state index in [2.05, 4.69) is 10.3 Å². The van der Waals surface area contributed by atoms with E-state index < -0.39 is 12.0 Å². The Morgan fingerprint density at radius 1 is 1.00 bits per heavy atom. The van der Waals surface area contributed by atoms with Crippen molar-refractivity contribution in [3.8, 4) is 11.5 Å². The summed E-state index contributed by atoms with van der Waals surface area (Å²) in [4.78, 5) is 44.2. The third-order valence-electron chi connectivity index (χ3n) is 6.89. The predicted molar refractivity (Wildman–Crippen MR) is 165 cm³/mol. The molecule has 1 aliphatic rings. The van der Waals surface area contributed by atoms with Gasteiger partial charge in [-0.15, -0.1) is 0 Å². The highest BCUT2D eigenvalue weighted by molar-refractivity contribution is 7.07. The fourth-order valence-electron chi connectivity index (χ4n) is 4.84. The van der Waals surface area contributed by atoms with Gasteiger partial charge in [0.1, 0.15) is 0 Å². The van der Waals surface area contributed by atoms with Crippen LogP contribution >= 0.6 is 11.3 Å². The number of aromatic nitrogens is 1. The number of anilines is 1. The lowest BCUT2D eigenvalue weighted by atomic mass is 9.96. The molecule has 0 bridgehead atoms. The zero-order valence-corrected chi connectivity index (χ0v) is 25.1. The van der Waals surface area contributed by atoms with Gasteiger partial charge in [-0.2, -0.15) is 0 Å². The molecule has 0 aliphatic carbocycles. The molecule has 1 aliphatic heterocycles. The Morgan fingerprint density at radius 3 is 2.47 bits per heavy atom. The molecule has 1 amide bonds. The number of allylic oxidation sites excluding steroid dienone is 1. The van der Waals surface area contributed by atoms with Gasteiger partial charge in [-0.1, -0.05) is 65.9 Å². The van der Waals surface area contributed by atoms with E-state index in [0.29, 0.717) is 44.3 Å². The number of hydrogen-bond acceptors (Lipinski definition) is 8. The van der Waals surface area contributed by atoms with Crippen LogP contribution in [-0.2, 0) is 14.3 Å². The van der Waals surface area contributed by atoms with Gasteiger partial charge in [-0.25, -0.2) is 9.79 Å². The predicted octanol–water partition coefficient (Wildman–Crippen LogP) is 4.13. The molecule has 4 aromatic rings. The maximum atomic E-state index is 13.8. The number of thiazole rings is 1. The molecular weight excluding hydrogens is 566 g/mol. The molecular formula is C33H31N3O6S. The van der Waals surface area contributed by atoms with Crippen LogP contribution in [0.25, 0.3) is 6.08 Å². The fourth-order valence-corrected chi connectivity index (χ4v) is 5.89. The van der Waals surface area contributed by atoms with Gasteiger partial charge in [-0.05, 0) is 61.7 Å². The van der Waals surface area contributed by atoms with Crippen molar-refractivity contribution in [2.45, 2.75) is 26.8 Å². The number of fused-ring (bicyclic) bond motifs is 1. The number of benzene rings is 3. The van der Waals surface area contributed by atoms with E-state index in [0.717, 1.165) is 16.8 Å². The Bertz CT molecular complexity index is 1890. The highest BCUT2D eigenvalue weighted by Gasteiger charge is 2.32. The molecule has 10 heteroatoms. The van der Waals surface area contributed by atoms with Gasteiger partial charge >= 0.3 is 5.97 Å². The van der Waals surface area contributed by atoms with Crippen LogP contribution in [0.1, 0.15) is 36.6 Å². The average molecular weight is 598 g/mol. The Kier molecular flexibility index (Phi) is 8.87. The molecule has 0 fully saturated rings. The Labute approximate surface area is 252 Å². The molecule has 1 atom stereocenters. The van der Waals surface area contributed by atoms with E-state index >= 15 is 0 Å². The summed E-state index contributed by atoms with van der Waals surface area (Å²) in [6.45, 7) is 5.69. The number of ether oxygens (including phenoxy) is 3. The summed E-state index contributed by atoms with van der Waals surface area (Å²) in [5.41, 5.74) is 3.69. The number of amides is 1. The van der Waals surface area contributed by atoms with Gasteiger partial charge in [0.2, 0.25) is 0 Å². The molecule has 3 aromatic carbocycles. The topological polar surface area (TPSA) is 108 Å². The fraction of sp³-hybridized carbons (Fsp3) is 0.212. The number of carbonyl (C=O) groups excluding carboxylic acids is 2. The second kappa shape index (κ2) is 12.9. The van der Waals surface area contributed by atoms with Crippen LogP contribution in [0.5, 0.6) is 11.5 Å². The standard InChI is InChI=1S/C33H31N3O6S/c1-5-41-26-17-22(15-16-25(26)42-19-28(37)35-24-14-10-9-11-20(24)2)18-27-31(38)36-30(23-12-7-6-8-13-23)29(32(39)40-4)21(3)34-33(36)43-27/h6-18,30H,5,19H2,1-4H3,(H,35,37). The number of para-hydroxylation sites is 1. The Hall–Kier alpha value is -4.96. The average Bonchev–Trinajstić information content (AvgIpc) is 3.31. The number of carbonyl (C=O) groups is 2. The van der Waals surface area contributed by atoms with Gasteiger partial charge in [0.25, 0.3) is 11.5 Å². The molecule has 9 nitrogen and oxygen atoms in total. The van der Waals surface area contributed by atoms with Crippen LogP contribution in [0.4, 0.5) is 5.69 Å². The third-order valence-corrected chi connectivity index (χ3v) is 7.87. The number of nitrogens with zero attached hydrogens (tertiary/aromatic N) is 2. The van der Waals surface area contributed by atoms with E-state index in [9.17, 15) is 14.4 Å². The zero-order chi connectivity index (χ0) is 30.5. The molecule has 43 heavy (non-hydrogen) atoms. The van der Waals surface area contributed by atoms with Crippen LogP contribution in [0.3, 0.4) is 0 Å². The van der Waals surface area contributed by atoms with Crippen LogP contribution in [0.2, 0.25) is 0 Å². The first-order chi connectivity index (χ1) is 20.8. The first-order valence-corrected chi connectivity index (χ1v) is 14.5. The van der Waals surface area contributed by atoms with Crippen molar-refractivity contribution in [3.05, 3.63) is 120 Å². The summed E-state index contributed by atoms with van der Waals surface area (Å²) in [6.07, 6.45) is 1.75. The first-order valence-electron chi connectivity index (χ1n) is 13.7. The summed E-state index contributed by atoms with van der Waals surface area (Å²) in [6, 6.07) is 21.4. The van der Waals surface area contributed by atoms with Crippen molar-refractivity contribution in [1.29, 1.82) is 0 Å². The Morgan fingerprint density at radius 2 is 1.74 bits per heavy atom. The molecule has 0 spiro atoms. The van der Waals surface area contributed by atoms with E-state index in [-0.39, 0.29) is 18.1 Å². The van der Waals surface area contributed by atoms with Crippen LogP contribution in [0.15, 0.2) is 93.9 Å². The smallest absolute Gasteiger partial charge is 0.338 e. The van der Waals surface area contributed by atoms with Crippen molar-refractivity contribution in [2.75, 3.05) is 25.6 Å². The van der Waals surface area contributed by atoms with E-state index in [4.69, 9.17) is 14.2 Å². The maximum absolute atomic E-state index is 13.8. The van der Waals surface area contributed by atoms with Crippen molar-refractivity contribution < 1.29 is 23.8 Å². The molecule has 1 aromatic heterocycles. The lowest BCUT2D eigenvalue weighted by Crippen LogP contribution is -2.39. The second-order valence-electron chi connectivity index (χ2n) is 9.78. The highest BCUT2D eigenvalue weighted by Crippen LogP contribution is 2.31. The van der Waals surface area contributed by atoms with Gasteiger partial charge in [0.05, 0.1) is 35.6 Å². The van der Waals surface area contributed by atoms with Crippen molar-refractivity contribution >= 4 is 35.0 Å². The number of nitrogens with one attached hydrogen (secondary N) is 1. The van der Waals surface area contributed by atoms with Gasteiger partial charge < -0.3 is 19.5 Å². The molecule has 1 N–H and O–H groups in total. The summed E-state index contributed by atoms with van der Waals surface area (Å²) in [5.74, 6) is 0.0203. The maximum Gasteiger partial charge on any atom is 0.338 e. The van der Waals surface area contributed by atoms with E-state index in [1.807, 2.05) is 68.4 Å². The molecule has 220 valence electrons. The minimum Gasteiger partial charge on any atom is -0.490 e. The summed E-state index contributed by atoms with van der Waals surface area (Å²) in [5, 5.41) is 2.85. The van der Waals surface area contributed by atoms with Crippen LogP contribution < -0.4 is 29.7 Å². The van der Waals surface area contributed by atoms with Crippen LogP contribution in [0, 0.1) is 6.92 Å². The monoisotopic (exact) mass is 597 g/mol. The molecule has 1 unspecified atom stereocenters. The van der Waals surface area contributed by atoms with E-state index in [1.165, 1.54) is 18.4 Å². The number of esters is 1. The SMILES string of the molecule is CCOc1cc(C=c2sc3n(c2=O)C(c2ccccc2)C(C(=O)OC)=C(C)N=3)ccc1OCC(=O)Nc1ccccc1C. The lowest BCUT2D eigenvalue weighted by Gasteiger charge is -2.24. The number of rotatable bonds is 9. The lowest BCUT2D eigenvalue weighted by molar-refractivity contribution is -0.136. The van der Waals surface area contributed by atoms with Crippen molar-refractivity contribution in [2.24, 2.45) is 4.99 Å². The highest BCUT2D eigenvalue weighted by atomic mass is 32.1. The number of hydrogen-bond donors (Lipinski definition) is 1. The van der Waals surface area contributed by atoms with Crippen molar-refractivity contribution in [3.63, 3.8) is 0 Å². The van der Waals surface area contributed by atoms with Gasteiger partial charge in [0, 0.05) is 5.69 Å². The minimum absolute atomic E-state index is 0.201. The normalized spacial score (nSPS) is 14.5. The van der Waals surface area contributed by atoms with Gasteiger partial charge in [0.15, 0.2) is 22.9 Å². The van der Waals surface area contributed by atoms with Crippen molar-refractivity contribution in [1.82, 2.24) is 4.57 Å². The molecule has 0 saturated heterocycles. The molecule has 0 radical (unpaired) electrons. The minimum atomic E-state index is -0.673. The van der Waals surface area contributed by atoms with Gasteiger partial charge in [-0.3, -0.25) is 14.2 Å². The molecule has 0 saturated carbocycles. The Balaban J connectivity index is 1.46. The molecule has 2 heterocycles. The summed E-state index contributed by atoms with van der Waals surface area (Å²) >= 11 is 1.24. The number of aryl methyl sites for hydroxylation is 1. The summed E-state index contributed by atoms with van der Waals surface area (Å²) < 4.78 is 18.6. The van der Waals surface area contributed by atoms with E-state index in [1.54, 1.807) is 35.8 Å². The first kappa shape index (κ1) is 29.5. The number of methoxy groups -OCH3 is 1. The molecule has 5 rings (SSSR count).